The van der Waals surface area contributed by atoms with E-state index in [2.05, 4.69) is 19.9 Å². The maximum Gasteiger partial charge on any atom is 0.302 e. The van der Waals surface area contributed by atoms with Crippen LogP contribution in [0, 0.1) is 34.0 Å². The van der Waals surface area contributed by atoms with Gasteiger partial charge in [-0.15, -0.1) is 0 Å². The van der Waals surface area contributed by atoms with Gasteiger partial charge in [0.15, 0.2) is 0 Å². The van der Waals surface area contributed by atoms with Crippen LogP contribution >= 0.6 is 0 Å². The van der Waals surface area contributed by atoms with Crippen molar-refractivity contribution in [1.82, 2.24) is 0 Å². The molecular weight excluding hydrogens is 368 g/mol. The van der Waals surface area contributed by atoms with Crippen LogP contribution in [-0.4, -0.2) is 36.4 Å². The summed E-state index contributed by atoms with van der Waals surface area (Å²) in [5, 5.41) is 10.3. The quantitative estimate of drug-likeness (QED) is 0.566. The minimum absolute atomic E-state index is 0.118. The van der Waals surface area contributed by atoms with Crippen LogP contribution in [0.25, 0.3) is 0 Å². The van der Waals surface area contributed by atoms with E-state index in [0.717, 1.165) is 38.5 Å². The van der Waals surface area contributed by atoms with Gasteiger partial charge in [-0.3, -0.25) is 9.59 Å². The van der Waals surface area contributed by atoms with Crippen molar-refractivity contribution >= 4 is 11.9 Å². The fraction of sp³-hybridized carbons (Fsp3) is 0.833. The van der Waals surface area contributed by atoms with E-state index in [9.17, 15) is 14.7 Å². The standard InChI is InChI=1S/C24H36O5/c1-15(26)28-13-18-12-24-11-17(18)6-7-19(24)23(4)9-5-8-22(3,14-25)20(23)10-21(24)29-16(2)27/h12,17,19-21,25H,5-11,13-14H2,1-4H3/t17-,19+,20-,21+,22-,23+,24-/m1/s1. The summed E-state index contributed by atoms with van der Waals surface area (Å²) in [5.41, 5.74) is 1.06. The van der Waals surface area contributed by atoms with E-state index >= 15 is 0 Å². The van der Waals surface area contributed by atoms with Crippen molar-refractivity contribution in [3.8, 4) is 0 Å². The normalized spacial score (nSPS) is 45.6. The van der Waals surface area contributed by atoms with Gasteiger partial charge in [0.1, 0.15) is 12.7 Å². The fourth-order valence-corrected chi connectivity index (χ4v) is 7.95. The van der Waals surface area contributed by atoms with Crippen molar-refractivity contribution in [2.45, 2.75) is 78.7 Å². The third-order valence-corrected chi connectivity index (χ3v) is 9.09. The topological polar surface area (TPSA) is 72.8 Å². The number of carbonyl (C=O) groups excluding carboxylic acids is 2. The average molecular weight is 405 g/mol. The first kappa shape index (κ1) is 20.9. The van der Waals surface area contributed by atoms with Crippen LogP contribution < -0.4 is 0 Å². The smallest absolute Gasteiger partial charge is 0.302 e. The highest BCUT2D eigenvalue weighted by Crippen LogP contribution is 2.71. The summed E-state index contributed by atoms with van der Waals surface area (Å²) >= 11 is 0. The van der Waals surface area contributed by atoms with Gasteiger partial charge in [-0.25, -0.2) is 0 Å². The highest BCUT2D eigenvalue weighted by molar-refractivity contribution is 5.66. The maximum absolute atomic E-state index is 12.1. The monoisotopic (exact) mass is 404 g/mol. The van der Waals surface area contributed by atoms with E-state index < -0.39 is 0 Å². The molecule has 1 spiro atoms. The third-order valence-electron chi connectivity index (χ3n) is 9.09. The van der Waals surface area contributed by atoms with Crippen LogP contribution in [0.4, 0.5) is 0 Å². The molecule has 0 aromatic heterocycles. The Hall–Kier alpha value is -1.36. The predicted molar refractivity (Wildman–Crippen MR) is 109 cm³/mol. The van der Waals surface area contributed by atoms with Crippen LogP contribution in [0.5, 0.6) is 0 Å². The Morgan fingerprint density at radius 2 is 1.90 bits per heavy atom. The van der Waals surface area contributed by atoms with Crippen LogP contribution in [0.15, 0.2) is 11.6 Å². The van der Waals surface area contributed by atoms with Gasteiger partial charge in [0.2, 0.25) is 0 Å². The zero-order chi connectivity index (χ0) is 21.0. The molecule has 0 saturated heterocycles. The van der Waals surface area contributed by atoms with Crippen LogP contribution in [0.3, 0.4) is 0 Å². The summed E-state index contributed by atoms with van der Waals surface area (Å²) in [6.45, 7) is 8.16. The van der Waals surface area contributed by atoms with Gasteiger partial charge in [-0.1, -0.05) is 26.3 Å². The van der Waals surface area contributed by atoms with Gasteiger partial charge in [-0.05, 0) is 72.7 Å². The summed E-state index contributed by atoms with van der Waals surface area (Å²) in [5.74, 6) is 0.708. The lowest BCUT2D eigenvalue weighted by Gasteiger charge is -2.65. The molecule has 2 bridgehead atoms. The molecule has 5 nitrogen and oxygen atoms in total. The Balaban J connectivity index is 1.76. The molecule has 5 heteroatoms. The number of esters is 2. The molecule has 0 aliphatic heterocycles. The van der Waals surface area contributed by atoms with Crippen LogP contribution in [-0.2, 0) is 19.1 Å². The van der Waals surface area contributed by atoms with E-state index in [1.54, 1.807) is 0 Å². The molecule has 1 N–H and O–H groups in total. The highest BCUT2D eigenvalue weighted by Gasteiger charge is 2.67. The number of carbonyl (C=O) groups is 2. The van der Waals surface area contributed by atoms with E-state index in [-0.39, 0.29) is 40.9 Å². The second-order valence-electron chi connectivity index (χ2n) is 10.7. The molecule has 29 heavy (non-hydrogen) atoms. The lowest BCUT2D eigenvalue weighted by molar-refractivity contribution is -0.208. The molecule has 4 aliphatic rings. The Morgan fingerprint density at radius 3 is 2.55 bits per heavy atom. The van der Waals surface area contributed by atoms with Crippen LogP contribution in [0.1, 0.15) is 72.6 Å². The average Bonchev–Trinajstić information content (AvgIpc) is 2.93. The number of aliphatic hydroxyl groups excluding tert-OH is 1. The first-order valence-corrected chi connectivity index (χ1v) is 11.3. The molecule has 3 saturated carbocycles. The van der Waals surface area contributed by atoms with Crippen molar-refractivity contribution in [2.75, 3.05) is 13.2 Å². The Bertz CT molecular complexity index is 729. The number of rotatable bonds is 4. The van der Waals surface area contributed by atoms with E-state index in [1.807, 2.05) is 0 Å². The lowest BCUT2D eigenvalue weighted by atomic mass is 9.40. The Kier molecular flexibility index (Phi) is 5.12. The molecule has 7 atom stereocenters. The number of ether oxygens (including phenoxy) is 2. The van der Waals surface area contributed by atoms with Gasteiger partial charge < -0.3 is 14.6 Å². The largest absolute Gasteiger partial charge is 0.462 e. The van der Waals surface area contributed by atoms with Gasteiger partial charge in [-0.2, -0.15) is 0 Å². The van der Waals surface area contributed by atoms with Gasteiger partial charge in [0, 0.05) is 25.9 Å². The summed E-state index contributed by atoms with van der Waals surface area (Å²) in [6.07, 6.45) is 9.54. The molecule has 0 heterocycles. The minimum Gasteiger partial charge on any atom is -0.462 e. The summed E-state index contributed by atoms with van der Waals surface area (Å²) in [6, 6.07) is 0. The van der Waals surface area contributed by atoms with Crippen molar-refractivity contribution in [3.05, 3.63) is 11.6 Å². The Labute approximate surface area is 174 Å². The molecule has 0 aromatic rings. The van der Waals surface area contributed by atoms with Crippen molar-refractivity contribution in [2.24, 2.45) is 34.0 Å². The summed E-state index contributed by atoms with van der Waals surface area (Å²) in [4.78, 5) is 23.4. The van der Waals surface area contributed by atoms with E-state index in [1.165, 1.54) is 25.8 Å². The summed E-state index contributed by atoms with van der Waals surface area (Å²) < 4.78 is 11.4. The lowest BCUT2D eigenvalue weighted by Crippen LogP contribution is -2.62. The van der Waals surface area contributed by atoms with Crippen molar-refractivity contribution < 1.29 is 24.2 Å². The molecule has 0 aromatic carbocycles. The highest BCUT2D eigenvalue weighted by atomic mass is 16.5. The molecule has 162 valence electrons. The second kappa shape index (κ2) is 7.11. The zero-order valence-electron chi connectivity index (χ0n) is 18.3. The first-order chi connectivity index (χ1) is 13.6. The number of fused-ring (bicyclic) bond motifs is 3. The van der Waals surface area contributed by atoms with Gasteiger partial charge in [0.05, 0.1) is 0 Å². The molecule has 4 rings (SSSR count). The maximum atomic E-state index is 12.1. The number of hydrogen-bond acceptors (Lipinski definition) is 5. The van der Waals surface area contributed by atoms with Crippen molar-refractivity contribution in [1.29, 1.82) is 0 Å². The predicted octanol–water partition coefficient (Wildman–Crippen LogP) is 4.03. The fourth-order valence-electron chi connectivity index (χ4n) is 7.95. The molecule has 0 radical (unpaired) electrons. The molecular formula is C24H36O5. The summed E-state index contributed by atoms with van der Waals surface area (Å²) in [7, 11) is 0. The molecule has 0 amide bonds. The third kappa shape index (κ3) is 3.15. The number of hydrogen-bond donors (Lipinski definition) is 1. The second-order valence-corrected chi connectivity index (χ2v) is 10.7. The SMILES string of the molecule is CC(=O)OCC1=C[C@]23C[C@H]1CC[C@H]2[C@]1(C)CCC[C@](C)(CO)[C@H]1C[C@@H]3OC(C)=O. The van der Waals surface area contributed by atoms with E-state index in [4.69, 9.17) is 9.47 Å². The van der Waals surface area contributed by atoms with Crippen LogP contribution in [0.2, 0.25) is 0 Å². The molecule has 0 unspecified atom stereocenters. The zero-order valence-corrected chi connectivity index (χ0v) is 18.3. The van der Waals surface area contributed by atoms with E-state index in [0.29, 0.717) is 24.4 Å². The minimum atomic E-state index is -0.250. The van der Waals surface area contributed by atoms with Crippen molar-refractivity contribution in [3.63, 3.8) is 0 Å². The Morgan fingerprint density at radius 1 is 1.14 bits per heavy atom. The molecule has 4 aliphatic carbocycles. The van der Waals surface area contributed by atoms with Gasteiger partial charge >= 0.3 is 11.9 Å². The number of aliphatic hydroxyl groups is 1. The first-order valence-electron chi connectivity index (χ1n) is 11.3. The molecule has 3 fully saturated rings. The van der Waals surface area contributed by atoms with Gasteiger partial charge in [0.25, 0.3) is 0 Å².